The van der Waals surface area contributed by atoms with Crippen molar-refractivity contribution in [2.24, 2.45) is 0 Å². The number of fused-ring (bicyclic) bond motifs is 1. The highest BCUT2D eigenvalue weighted by molar-refractivity contribution is 5.74. The van der Waals surface area contributed by atoms with Crippen LogP contribution in [-0.4, -0.2) is 31.7 Å². The first-order chi connectivity index (χ1) is 12.6. The van der Waals surface area contributed by atoms with Gasteiger partial charge < -0.3 is 15.5 Å². The third kappa shape index (κ3) is 3.23. The number of urea groups is 1. The Hall–Kier alpha value is -2.63. The molecular weight excluding hydrogens is 336 g/mol. The van der Waals surface area contributed by atoms with Crippen LogP contribution in [0.25, 0.3) is 0 Å². The Morgan fingerprint density at radius 3 is 2.65 bits per heavy atom. The van der Waals surface area contributed by atoms with Crippen LogP contribution < -0.4 is 15.5 Å². The number of rotatable bonds is 4. The summed E-state index contributed by atoms with van der Waals surface area (Å²) in [6, 6.07) is 11.8. The van der Waals surface area contributed by atoms with Crippen LogP contribution >= 0.6 is 0 Å². The summed E-state index contributed by atoms with van der Waals surface area (Å²) >= 11 is 0. The van der Waals surface area contributed by atoms with Gasteiger partial charge in [0.05, 0.1) is 0 Å². The lowest BCUT2D eigenvalue weighted by molar-refractivity contribution is 0.236. The van der Waals surface area contributed by atoms with Crippen LogP contribution in [0.2, 0.25) is 0 Å². The normalized spacial score (nSPS) is 21.1. The maximum atomic E-state index is 13.9. The number of anilines is 1. The number of halogens is 2. The van der Waals surface area contributed by atoms with Crippen molar-refractivity contribution in [1.82, 2.24) is 10.6 Å². The van der Waals surface area contributed by atoms with Crippen LogP contribution in [0.3, 0.4) is 0 Å². The lowest BCUT2D eigenvalue weighted by Gasteiger charge is -2.30. The molecule has 2 amide bonds. The number of hydrogen-bond acceptors (Lipinski definition) is 2. The summed E-state index contributed by atoms with van der Waals surface area (Å²) in [5.41, 5.74) is 2.64. The fraction of sp³-hybridized carbons (Fsp3) is 0.350. The molecule has 0 unspecified atom stereocenters. The first-order valence-corrected chi connectivity index (χ1v) is 8.93. The van der Waals surface area contributed by atoms with Crippen LogP contribution in [0, 0.1) is 11.6 Å². The molecule has 0 spiro atoms. The second-order valence-electron chi connectivity index (χ2n) is 6.96. The smallest absolute Gasteiger partial charge is 0.315 e. The number of amides is 2. The van der Waals surface area contributed by atoms with Gasteiger partial charge in [0.1, 0.15) is 17.3 Å². The van der Waals surface area contributed by atoms with Gasteiger partial charge in [0.25, 0.3) is 0 Å². The third-order valence-corrected chi connectivity index (χ3v) is 5.25. The van der Waals surface area contributed by atoms with Gasteiger partial charge in [0, 0.05) is 31.6 Å². The monoisotopic (exact) mass is 357 g/mol. The zero-order valence-electron chi connectivity index (χ0n) is 14.3. The second-order valence-corrected chi connectivity index (χ2v) is 6.96. The lowest BCUT2D eigenvalue weighted by Crippen LogP contribution is -2.45. The van der Waals surface area contributed by atoms with Crippen molar-refractivity contribution in [3.63, 3.8) is 0 Å². The fourth-order valence-electron chi connectivity index (χ4n) is 3.87. The van der Waals surface area contributed by atoms with Crippen LogP contribution in [-0.2, 0) is 6.42 Å². The molecule has 6 heteroatoms. The number of benzene rings is 2. The zero-order chi connectivity index (χ0) is 18.1. The van der Waals surface area contributed by atoms with Crippen LogP contribution in [0.15, 0.2) is 42.5 Å². The molecule has 4 nitrogen and oxygen atoms in total. The first-order valence-electron chi connectivity index (χ1n) is 8.93. The molecule has 26 heavy (non-hydrogen) atoms. The summed E-state index contributed by atoms with van der Waals surface area (Å²) in [5, 5.41) is 5.82. The van der Waals surface area contributed by atoms with E-state index in [9.17, 15) is 13.6 Å². The van der Waals surface area contributed by atoms with Gasteiger partial charge in [-0.25, -0.2) is 13.6 Å². The number of nitrogens with one attached hydrogen (secondary N) is 2. The van der Waals surface area contributed by atoms with Crippen LogP contribution in [0.4, 0.5) is 19.3 Å². The molecule has 1 aliphatic carbocycles. The van der Waals surface area contributed by atoms with Gasteiger partial charge in [-0.3, -0.25) is 0 Å². The van der Waals surface area contributed by atoms with E-state index in [1.165, 1.54) is 29.3 Å². The molecule has 1 fully saturated rings. The average molecular weight is 357 g/mol. The molecule has 2 aliphatic rings. The van der Waals surface area contributed by atoms with E-state index in [2.05, 4.69) is 22.8 Å². The molecule has 1 aliphatic heterocycles. The summed E-state index contributed by atoms with van der Waals surface area (Å²) in [6.07, 6.45) is 1.65. The van der Waals surface area contributed by atoms with Gasteiger partial charge in [-0.15, -0.1) is 0 Å². The van der Waals surface area contributed by atoms with Gasteiger partial charge in [-0.2, -0.15) is 0 Å². The Kier molecular flexibility index (Phi) is 4.49. The standard InChI is InChI=1S/C20H21F2N3O/c21-17-6-3-7-18(22)19(17)25-9-8-15(12-25)24-20(26)23-11-14-10-13-4-1-2-5-16(13)14/h1-7,14-15H,8-12H2,(H2,23,24,26)/t14-,15-/m0/s1. The van der Waals surface area contributed by atoms with Gasteiger partial charge in [0.2, 0.25) is 0 Å². The van der Waals surface area contributed by atoms with E-state index in [1.54, 1.807) is 4.90 Å². The minimum Gasteiger partial charge on any atom is -0.365 e. The predicted molar refractivity (Wildman–Crippen MR) is 96.4 cm³/mol. The third-order valence-electron chi connectivity index (χ3n) is 5.25. The van der Waals surface area contributed by atoms with Crippen LogP contribution in [0.5, 0.6) is 0 Å². The predicted octanol–water partition coefficient (Wildman–Crippen LogP) is 3.18. The maximum Gasteiger partial charge on any atom is 0.315 e. The molecular formula is C20H21F2N3O. The molecule has 4 rings (SSSR count). The van der Waals surface area contributed by atoms with Crippen molar-refractivity contribution in [2.75, 3.05) is 24.5 Å². The largest absolute Gasteiger partial charge is 0.365 e. The molecule has 0 radical (unpaired) electrons. The summed E-state index contributed by atoms with van der Waals surface area (Å²) in [7, 11) is 0. The van der Waals surface area contributed by atoms with Gasteiger partial charge in [0.15, 0.2) is 0 Å². The lowest BCUT2D eigenvalue weighted by atomic mass is 9.78. The zero-order valence-corrected chi connectivity index (χ0v) is 14.3. The second kappa shape index (κ2) is 6.94. The van der Waals surface area contributed by atoms with Gasteiger partial charge in [-0.1, -0.05) is 30.3 Å². The summed E-state index contributed by atoms with van der Waals surface area (Å²) < 4.78 is 27.8. The molecule has 136 valence electrons. The quantitative estimate of drug-likeness (QED) is 0.883. The van der Waals surface area contributed by atoms with Crippen molar-refractivity contribution < 1.29 is 13.6 Å². The highest BCUT2D eigenvalue weighted by Crippen LogP contribution is 2.34. The summed E-state index contributed by atoms with van der Waals surface area (Å²) in [6.45, 7) is 1.51. The molecule has 1 saturated heterocycles. The number of nitrogens with zero attached hydrogens (tertiary/aromatic N) is 1. The molecule has 2 N–H and O–H groups in total. The van der Waals surface area contributed by atoms with Gasteiger partial charge in [-0.05, 0) is 36.1 Å². The van der Waals surface area contributed by atoms with Crippen LogP contribution in [0.1, 0.15) is 23.5 Å². The number of carbonyl (C=O) groups is 1. The maximum absolute atomic E-state index is 13.9. The molecule has 0 aromatic heterocycles. The summed E-state index contributed by atoms with van der Waals surface area (Å²) in [5.74, 6) is -0.776. The SMILES string of the molecule is O=C(NC[C@@H]1Cc2ccccc21)N[C@H]1CCN(c2c(F)cccc2F)C1. The molecule has 2 aromatic carbocycles. The molecule has 2 aromatic rings. The van der Waals surface area contributed by atoms with E-state index in [0.29, 0.717) is 32.0 Å². The van der Waals surface area contributed by atoms with E-state index in [0.717, 1.165) is 6.42 Å². The van der Waals surface area contributed by atoms with E-state index in [1.807, 2.05) is 12.1 Å². The minimum atomic E-state index is -0.571. The number of hydrogen-bond donors (Lipinski definition) is 2. The summed E-state index contributed by atoms with van der Waals surface area (Å²) in [4.78, 5) is 13.8. The van der Waals surface area contributed by atoms with Gasteiger partial charge >= 0.3 is 6.03 Å². The first kappa shape index (κ1) is 16.8. The Morgan fingerprint density at radius 2 is 1.88 bits per heavy atom. The fourth-order valence-corrected chi connectivity index (χ4v) is 3.87. The Balaban J connectivity index is 1.27. The number of para-hydroxylation sites is 1. The van der Waals surface area contributed by atoms with Crippen molar-refractivity contribution >= 4 is 11.7 Å². The van der Waals surface area contributed by atoms with Crippen molar-refractivity contribution in [3.8, 4) is 0 Å². The molecule has 0 saturated carbocycles. The Labute approximate surface area is 151 Å². The Bertz CT molecular complexity index is 806. The van der Waals surface area contributed by atoms with E-state index in [-0.39, 0.29) is 17.8 Å². The Morgan fingerprint density at radius 1 is 1.12 bits per heavy atom. The molecule has 2 atom stereocenters. The molecule has 1 heterocycles. The number of carbonyl (C=O) groups excluding carboxylic acids is 1. The van der Waals surface area contributed by atoms with E-state index < -0.39 is 11.6 Å². The van der Waals surface area contributed by atoms with E-state index >= 15 is 0 Å². The highest BCUT2D eigenvalue weighted by atomic mass is 19.1. The van der Waals surface area contributed by atoms with E-state index in [4.69, 9.17) is 0 Å². The van der Waals surface area contributed by atoms with Crippen molar-refractivity contribution in [3.05, 3.63) is 65.2 Å². The minimum absolute atomic E-state index is 0.0108. The average Bonchev–Trinajstić information content (AvgIpc) is 3.03. The van der Waals surface area contributed by atoms with Crippen molar-refractivity contribution in [2.45, 2.75) is 24.8 Å². The highest BCUT2D eigenvalue weighted by Gasteiger charge is 2.29. The molecule has 0 bridgehead atoms. The van der Waals surface area contributed by atoms with Crippen molar-refractivity contribution in [1.29, 1.82) is 0 Å². The topological polar surface area (TPSA) is 44.4 Å².